The molecule has 1 N–H and O–H groups in total. The SMILES string of the molecule is CN(C)/N=C/c1ccc(O)c([N+](=O)[O-])c1. The Kier molecular flexibility index (Phi) is 3.22. The van der Waals surface area contributed by atoms with Crippen molar-refractivity contribution in [2.24, 2.45) is 5.10 Å². The lowest BCUT2D eigenvalue weighted by Crippen LogP contribution is -2.02. The monoisotopic (exact) mass is 209 g/mol. The van der Waals surface area contributed by atoms with Crippen molar-refractivity contribution in [1.29, 1.82) is 0 Å². The van der Waals surface area contributed by atoms with E-state index < -0.39 is 4.92 Å². The number of benzene rings is 1. The van der Waals surface area contributed by atoms with Crippen LogP contribution >= 0.6 is 0 Å². The van der Waals surface area contributed by atoms with Crippen LogP contribution in [-0.2, 0) is 0 Å². The first-order valence-corrected chi connectivity index (χ1v) is 4.19. The number of nitro groups is 1. The number of aromatic hydroxyl groups is 1. The van der Waals surface area contributed by atoms with Gasteiger partial charge in [0.15, 0.2) is 5.75 Å². The van der Waals surface area contributed by atoms with Crippen molar-refractivity contribution in [2.75, 3.05) is 14.1 Å². The van der Waals surface area contributed by atoms with Crippen LogP contribution in [0.3, 0.4) is 0 Å². The standard InChI is InChI=1S/C9H11N3O3/c1-11(2)10-6-7-3-4-9(13)8(5-7)12(14)15/h3-6,13H,1-2H3/b10-6+. The summed E-state index contributed by atoms with van der Waals surface area (Å²) in [7, 11) is 3.48. The van der Waals surface area contributed by atoms with Gasteiger partial charge in [0.1, 0.15) is 0 Å². The maximum absolute atomic E-state index is 10.5. The van der Waals surface area contributed by atoms with Crippen LogP contribution in [0.4, 0.5) is 5.69 Å². The number of hydrogen-bond acceptors (Lipinski definition) is 5. The molecule has 0 spiro atoms. The molecule has 0 amide bonds. The molecule has 0 saturated heterocycles. The first-order valence-electron chi connectivity index (χ1n) is 4.19. The Morgan fingerprint density at radius 3 is 2.73 bits per heavy atom. The second-order valence-corrected chi connectivity index (χ2v) is 3.10. The summed E-state index contributed by atoms with van der Waals surface area (Å²) in [6.07, 6.45) is 1.48. The van der Waals surface area contributed by atoms with Crippen molar-refractivity contribution in [3.05, 3.63) is 33.9 Å². The number of hydrazone groups is 1. The van der Waals surface area contributed by atoms with E-state index in [1.807, 2.05) is 0 Å². The molecule has 15 heavy (non-hydrogen) atoms. The minimum Gasteiger partial charge on any atom is -0.502 e. The molecule has 0 aliphatic rings. The first-order chi connectivity index (χ1) is 7.00. The summed E-state index contributed by atoms with van der Waals surface area (Å²) >= 11 is 0. The molecular formula is C9H11N3O3. The van der Waals surface area contributed by atoms with E-state index in [1.165, 1.54) is 18.3 Å². The van der Waals surface area contributed by atoms with E-state index in [2.05, 4.69) is 5.10 Å². The molecule has 0 aliphatic heterocycles. The Hall–Kier alpha value is -2.11. The highest BCUT2D eigenvalue weighted by Crippen LogP contribution is 2.25. The van der Waals surface area contributed by atoms with Crippen molar-refractivity contribution in [3.8, 4) is 5.75 Å². The molecule has 0 atom stereocenters. The first kappa shape index (κ1) is 11.0. The molecule has 0 aliphatic carbocycles. The van der Waals surface area contributed by atoms with Crippen LogP contribution in [0.1, 0.15) is 5.56 Å². The Balaban J connectivity index is 3.03. The molecule has 0 unspecified atom stereocenters. The summed E-state index contributed by atoms with van der Waals surface area (Å²) in [6, 6.07) is 4.09. The topological polar surface area (TPSA) is 79.0 Å². The Bertz CT molecular complexity index is 402. The highest BCUT2D eigenvalue weighted by molar-refractivity contribution is 5.81. The number of hydrogen-bond donors (Lipinski definition) is 1. The summed E-state index contributed by atoms with van der Waals surface area (Å²) in [5.74, 6) is -0.345. The molecule has 0 fully saturated rings. The molecule has 0 bridgehead atoms. The van der Waals surface area contributed by atoms with Crippen LogP contribution in [-0.4, -0.2) is 35.3 Å². The minimum absolute atomic E-state index is 0.322. The number of rotatable bonds is 3. The van der Waals surface area contributed by atoms with Gasteiger partial charge in [0.2, 0.25) is 0 Å². The van der Waals surface area contributed by atoms with E-state index in [0.717, 1.165) is 0 Å². The van der Waals surface area contributed by atoms with Crippen molar-refractivity contribution in [2.45, 2.75) is 0 Å². The van der Waals surface area contributed by atoms with Gasteiger partial charge in [-0.1, -0.05) is 0 Å². The highest BCUT2D eigenvalue weighted by Gasteiger charge is 2.12. The molecule has 0 radical (unpaired) electrons. The molecule has 6 nitrogen and oxygen atoms in total. The molecule has 1 rings (SSSR count). The predicted molar refractivity (Wildman–Crippen MR) is 56.0 cm³/mol. The average molecular weight is 209 g/mol. The van der Waals surface area contributed by atoms with Crippen LogP contribution < -0.4 is 0 Å². The molecule has 80 valence electrons. The third-order valence-electron chi connectivity index (χ3n) is 1.63. The van der Waals surface area contributed by atoms with Crippen molar-refractivity contribution >= 4 is 11.9 Å². The van der Waals surface area contributed by atoms with Crippen molar-refractivity contribution in [1.82, 2.24) is 5.01 Å². The number of phenolic OH excluding ortho intramolecular Hbond substituents is 1. The maximum atomic E-state index is 10.5. The predicted octanol–water partition coefficient (Wildman–Crippen LogP) is 1.20. The molecule has 1 aromatic rings. The van der Waals surface area contributed by atoms with Crippen LogP contribution in [0.5, 0.6) is 5.75 Å². The van der Waals surface area contributed by atoms with Crippen LogP contribution in [0.2, 0.25) is 0 Å². The van der Waals surface area contributed by atoms with Gasteiger partial charge >= 0.3 is 5.69 Å². The normalized spacial score (nSPS) is 10.5. The van der Waals surface area contributed by atoms with Gasteiger partial charge in [-0.05, 0) is 12.1 Å². The maximum Gasteiger partial charge on any atom is 0.311 e. The highest BCUT2D eigenvalue weighted by atomic mass is 16.6. The third-order valence-corrected chi connectivity index (χ3v) is 1.63. The molecule has 0 aromatic heterocycles. The molecular weight excluding hydrogens is 198 g/mol. The van der Waals surface area contributed by atoms with E-state index in [-0.39, 0.29) is 11.4 Å². The Morgan fingerprint density at radius 2 is 2.20 bits per heavy atom. The summed E-state index contributed by atoms with van der Waals surface area (Å²) in [4.78, 5) is 9.87. The quantitative estimate of drug-likeness (QED) is 0.460. The van der Waals surface area contributed by atoms with Crippen LogP contribution in [0.15, 0.2) is 23.3 Å². The summed E-state index contributed by atoms with van der Waals surface area (Å²) in [6.45, 7) is 0. The largest absolute Gasteiger partial charge is 0.502 e. The number of nitro benzene ring substituents is 1. The second kappa shape index (κ2) is 4.41. The number of phenols is 1. The molecule has 1 aromatic carbocycles. The van der Waals surface area contributed by atoms with Crippen LogP contribution in [0, 0.1) is 10.1 Å². The zero-order chi connectivity index (χ0) is 11.4. The summed E-state index contributed by atoms with van der Waals surface area (Å²) in [5.41, 5.74) is 0.242. The van der Waals surface area contributed by atoms with Crippen molar-refractivity contribution in [3.63, 3.8) is 0 Å². The van der Waals surface area contributed by atoms with Gasteiger partial charge in [-0.2, -0.15) is 5.10 Å². The lowest BCUT2D eigenvalue weighted by Gasteiger charge is -2.02. The average Bonchev–Trinajstić information content (AvgIpc) is 2.16. The van der Waals surface area contributed by atoms with Crippen LogP contribution in [0.25, 0.3) is 0 Å². The third kappa shape index (κ3) is 2.94. The van der Waals surface area contributed by atoms with E-state index >= 15 is 0 Å². The second-order valence-electron chi connectivity index (χ2n) is 3.10. The van der Waals surface area contributed by atoms with Gasteiger partial charge in [-0.25, -0.2) is 0 Å². The molecule has 6 heteroatoms. The summed E-state index contributed by atoms with van der Waals surface area (Å²) < 4.78 is 0. The van der Waals surface area contributed by atoms with Crippen molar-refractivity contribution < 1.29 is 10.0 Å². The fourth-order valence-electron chi connectivity index (χ4n) is 0.949. The molecule has 0 saturated carbocycles. The van der Waals surface area contributed by atoms with Gasteiger partial charge in [0.25, 0.3) is 0 Å². The Labute approximate surface area is 86.6 Å². The van der Waals surface area contributed by atoms with Gasteiger partial charge in [-0.15, -0.1) is 0 Å². The van der Waals surface area contributed by atoms with E-state index in [0.29, 0.717) is 5.56 Å². The van der Waals surface area contributed by atoms with E-state index in [4.69, 9.17) is 0 Å². The minimum atomic E-state index is -0.637. The van der Waals surface area contributed by atoms with Gasteiger partial charge in [0, 0.05) is 25.7 Å². The lowest BCUT2D eigenvalue weighted by molar-refractivity contribution is -0.385. The molecule has 0 heterocycles. The van der Waals surface area contributed by atoms with E-state index in [1.54, 1.807) is 25.2 Å². The summed E-state index contributed by atoms with van der Waals surface area (Å²) in [5, 5.41) is 25.2. The zero-order valence-corrected chi connectivity index (χ0v) is 8.41. The fourth-order valence-corrected chi connectivity index (χ4v) is 0.949. The smallest absolute Gasteiger partial charge is 0.311 e. The van der Waals surface area contributed by atoms with E-state index in [9.17, 15) is 15.2 Å². The van der Waals surface area contributed by atoms with Gasteiger partial charge in [0.05, 0.1) is 11.1 Å². The number of nitrogens with zero attached hydrogens (tertiary/aromatic N) is 3. The van der Waals surface area contributed by atoms with Gasteiger partial charge in [-0.3, -0.25) is 10.1 Å². The fraction of sp³-hybridized carbons (Fsp3) is 0.222. The zero-order valence-electron chi connectivity index (χ0n) is 8.41. The lowest BCUT2D eigenvalue weighted by atomic mass is 10.2. The van der Waals surface area contributed by atoms with Gasteiger partial charge < -0.3 is 10.1 Å². The Morgan fingerprint density at radius 1 is 1.53 bits per heavy atom.